The molecule has 2 N–H and O–H groups in total. The second-order valence-corrected chi connectivity index (χ2v) is 6.73. The number of hydrogen-bond acceptors (Lipinski definition) is 4. The maximum Gasteiger partial charge on any atom is 0.325 e. The first-order chi connectivity index (χ1) is 11.9. The molecule has 1 saturated heterocycles. The first-order valence-electron chi connectivity index (χ1n) is 8.09. The Morgan fingerprint density at radius 2 is 2.04 bits per heavy atom. The van der Waals surface area contributed by atoms with E-state index in [-0.39, 0.29) is 17.5 Å². The van der Waals surface area contributed by atoms with Gasteiger partial charge in [-0.25, -0.2) is 4.79 Å². The van der Waals surface area contributed by atoms with Crippen LogP contribution in [0.15, 0.2) is 18.2 Å². The number of nitriles is 1. The molecular weight excluding hydrogens is 344 g/mol. The van der Waals surface area contributed by atoms with Gasteiger partial charge in [0.25, 0.3) is 5.91 Å². The minimum Gasteiger partial charge on any atom is -0.324 e. The number of benzene rings is 1. The molecule has 1 aromatic rings. The molecule has 3 rings (SSSR count). The lowest BCUT2D eigenvalue weighted by molar-refractivity contribution is -0.134. The molecule has 1 heterocycles. The molecule has 0 aromatic heterocycles. The summed E-state index contributed by atoms with van der Waals surface area (Å²) in [5.74, 6) is -0.831. The molecule has 25 heavy (non-hydrogen) atoms. The van der Waals surface area contributed by atoms with Gasteiger partial charge in [0.05, 0.1) is 10.6 Å². The van der Waals surface area contributed by atoms with Crippen molar-refractivity contribution in [2.75, 3.05) is 11.9 Å². The Morgan fingerprint density at radius 3 is 2.68 bits per heavy atom. The van der Waals surface area contributed by atoms with Gasteiger partial charge in [0, 0.05) is 5.69 Å². The summed E-state index contributed by atoms with van der Waals surface area (Å²) in [5.41, 5.74) is -0.144. The van der Waals surface area contributed by atoms with Gasteiger partial charge in [-0.2, -0.15) is 5.26 Å². The molecule has 130 valence electrons. The van der Waals surface area contributed by atoms with Crippen molar-refractivity contribution in [2.45, 2.75) is 37.6 Å². The summed E-state index contributed by atoms with van der Waals surface area (Å²) < 4.78 is 0. The molecule has 1 aromatic carbocycles. The standard InChI is InChI=1S/C17H17ClN4O3/c18-13-8-12(5-4-11(13)9-19)20-14(23)10-22-15(24)17(21-16(22)25)6-2-1-3-7-17/h4-5,8H,1-3,6-7,10H2,(H,20,23)(H,21,25). The smallest absolute Gasteiger partial charge is 0.324 e. The van der Waals surface area contributed by atoms with E-state index in [2.05, 4.69) is 10.6 Å². The first kappa shape index (κ1) is 17.2. The Hall–Kier alpha value is -2.59. The lowest BCUT2D eigenvalue weighted by Crippen LogP contribution is -2.48. The van der Waals surface area contributed by atoms with Crippen molar-refractivity contribution >= 4 is 35.1 Å². The van der Waals surface area contributed by atoms with E-state index in [9.17, 15) is 14.4 Å². The average molecular weight is 361 g/mol. The number of nitrogens with zero attached hydrogens (tertiary/aromatic N) is 2. The van der Waals surface area contributed by atoms with Crippen molar-refractivity contribution in [3.05, 3.63) is 28.8 Å². The number of carbonyl (C=O) groups is 3. The molecule has 1 spiro atoms. The highest BCUT2D eigenvalue weighted by atomic mass is 35.5. The third kappa shape index (κ3) is 3.30. The summed E-state index contributed by atoms with van der Waals surface area (Å²) in [6.45, 7) is -0.357. The second kappa shape index (κ2) is 6.73. The van der Waals surface area contributed by atoms with E-state index in [1.807, 2.05) is 6.07 Å². The summed E-state index contributed by atoms with van der Waals surface area (Å²) in [4.78, 5) is 37.9. The Balaban J connectivity index is 1.67. The zero-order chi connectivity index (χ0) is 18.0. The predicted molar refractivity (Wildman–Crippen MR) is 90.9 cm³/mol. The molecule has 7 nitrogen and oxygen atoms in total. The molecule has 1 aliphatic heterocycles. The fourth-order valence-electron chi connectivity index (χ4n) is 3.34. The van der Waals surface area contributed by atoms with E-state index in [0.29, 0.717) is 24.1 Å². The molecule has 1 saturated carbocycles. The van der Waals surface area contributed by atoms with E-state index in [1.54, 1.807) is 0 Å². The highest BCUT2D eigenvalue weighted by Gasteiger charge is 2.51. The minimum atomic E-state index is -0.840. The molecular formula is C17H17ClN4O3. The quantitative estimate of drug-likeness (QED) is 0.808. The van der Waals surface area contributed by atoms with Crippen molar-refractivity contribution in [1.82, 2.24) is 10.2 Å². The van der Waals surface area contributed by atoms with Crippen LogP contribution in [0.2, 0.25) is 5.02 Å². The zero-order valence-corrected chi connectivity index (χ0v) is 14.2. The van der Waals surface area contributed by atoms with Gasteiger partial charge in [-0.3, -0.25) is 14.5 Å². The minimum absolute atomic E-state index is 0.219. The van der Waals surface area contributed by atoms with E-state index >= 15 is 0 Å². The maximum atomic E-state index is 12.6. The van der Waals surface area contributed by atoms with Crippen LogP contribution < -0.4 is 10.6 Å². The zero-order valence-electron chi connectivity index (χ0n) is 13.5. The number of amides is 4. The number of rotatable bonds is 3. The van der Waals surface area contributed by atoms with Crippen molar-refractivity contribution in [1.29, 1.82) is 5.26 Å². The van der Waals surface area contributed by atoms with Crippen LogP contribution in [0.25, 0.3) is 0 Å². The van der Waals surface area contributed by atoms with Gasteiger partial charge >= 0.3 is 6.03 Å². The Labute approximate surface area is 149 Å². The van der Waals surface area contributed by atoms with E-state index in [1.165, 1.54) is 18.2 Å². The Morgan fingerprint density at radius 1 is 1.32 bits per heavy atom. The average Bonchev–Trinajstić information content (AvgIpc) is 2.80. The van der Waals surface area contributed by atoms with Crippen LogP contribution in [0.5, 0.6) is 0 Å². The van der Waals surface area contributed by atoms with Gasteiger partial charge in [0.1, 0.15) is 18.2 Å². The van der Waals surface area contributed by atoms with Crippen LogP contribution in [0.4, 0.5) is 10.5 Å². The lowest BCUT2D eigenvalue weighted by Gasteiger charge is -2.30. The fourth-order valence-corrected chi connectivity index (χ4v) is 3.56. The van der Waals surface area contributed by atoms with Crippen LogP contribution in [0.3, 0.4) is 0 Å². The van der Waals surface area contributed by atoms with Gasteiger partial charge in [-0.1, -0.05) is 30.9 Å². The molecule has 1 aliphatic carbocycles. The molecule has 0 atom stereocenters. The molecule has 0 bridgehead atoms. The predicted octanol–water partition coefficient (Wildman–Crippen LogP) is 2.40. The van der Waals surface area contributed by atoms with Crippen molar-refractivity contribution in [2.24, 2.45) is 0 Å². The van der Waals surface area contributed by atoms with Crippen molar-refractivity contribution in [3.8, 4) is 6.07 Å². The summed E-state index contributed by atoms with van der Waals surface area (Å²) in [7, 11) is 0. The first-order valence-corrected chi connectivity index (χ1v) is 8.47. The summed E-state index contributed by atoms with van der Waals surface area (Å²) in [6.07, 6.45) is 4.04. The van der Waals surface area contributed by atoms with Crippen LogP contribution >= 0.6 is 11.6 Å². The normalized spacial score (nSPS) is 18.8. The SMILES string of the molecule is N#Cc1ccc(NC(=O)CN2C(=O)NC3(CCCCC3)C2=O)cc1Cl. The number of anilines is 1. The number of carbonyl (C=O) groups excluding carboxylic acids is 3. The van der Waals surface area contributed by atoms with Crippen molar-refractivity contribution < 1.29 is 14.4 Å². The van der Waals surface area contributed by atoms with Gasteiger partial charge < -0.3 is 10.6 Å². The van der Waals surface area contributed by atoms with Gasteiger partial charge in [-0.15, -0.1) is 0 Å². The number of halogens is 1. The van der Waals surface area contributed by atoms with Crippen LogP contribution in [0, 0.1) is 11.3 Å². The Kier molecular flexibility index (Phi) is 4.64. The van der Waals surface area contributed by atoms with Gasteiger partial charge in [0.15, 0.2) is 0 Å². The molecule has 8 heteroatoms. The summed E-state index contributed by atoms with van der Waals surface area (Å²) in [5, 5.41) is 14.4. The lowest BCUT2D eigenvalue weighted by atomic mass is 9.82. The summed E-state index contributed by atoms with van der Waals surface area (Å²) >= 11 is 5.92. The van der Waals surface area contributed by atoms with E-state index in [4.69, 9.17) is 16.9 Å². The third-order valence-corrected chi connectivity index (χ3v) is 4.94. The Bertz CT molecular complexity index is 781. The van der Waals surface area contributed by atoms with Crippen LogP contribution in [-0.4, -0.2) is 34.8 Å². The van der Waals surface area contributed by atoms with Gasteiger partial charge in [0.2, 0.25) is 5.91 Å². The fraction of sp³-hybridized carbons (Fsp3) is 0.412. The monoisotopic (exact) mass is 360 g/mol. The molecule has 4 amide bonds. The largest absolute Gasteiger partial charge is 0.325 e. The maximum absolute atomic E-state index is 12.6. The third-order valence-electron chi connectivity index (χ3n) is 4.63. The molecule has 0 radical (unpaired) electrons. The van der Waals surface area contributed by atoms with E-state index in [0.717, 1.165) is 24.2 Å². The number of nitrogens with one attached hydrogen (secondary N) is 2. The second-order valence-electron chi connectivity index (χ2n) is 6.32. The number of hydrogen-bond donors (Lipinski definition) is 2. The van der Waals surface area contributed by atoms with Crippen molar-refractivity contribution in [3.63, 3.8) is 0 Å². The molecule has 2 aliphatic rings. The highest BCUT2D eigenvalue weighted by Crippen LogP contribution is 2.33. The molecule has 0 unspecified atom stereocenters. The van der Waals surface area contributed by atoms with E-state index < -0.39 is 17.5 Å². The van der Waals surface area contributed by atoms with Crippen LogP contribution in [-0.2, 0) is 9.59 Å². The highest BCUT2D eigenvalue weighted by molar-refractivity contribution is 6.32. The number of urea groups is 1. The summed E-state index contributed by atoms with van der Waals surface area (Å²) in [6, 6.07) is 5.88. The topological polar surface area (TPSA) is 102 Å². The van der Waals surface area contributed by atoms with Crippen LogP contribution in [0.1, 0.15) is 37.7 Å². The molecule has 2 fully saturated rings. The van der Waals surface area contributed by atoms with Gasteiger partial charge in [-0.05, 0) is 31.0 Å². The number of imide groups is 1.